The lowest BCUT2D eigenvalue weighted by atomic mass is 10.2. The van der Waals surface area contributed by atoms with Crippen molar-refractivity contribution < 1.29 is 9.13 Å². The number of hydrogen-bond donors (Lipinski definition) is 1. The van der Waals surface area contributed by atoms with Crippen molar-refractivity contribution in [3.8, 4) is 0 Å². The highest BCUT2D eigenvalue weighted by molar-refractivity contribution is 5.78. The van der Waals surface area contributed by atoms with Crippen LogP contribution in [0.15, 0.2) is 29.3 Å². The molecule has 0 bridgehead atoms. The number of nitrogens with zero attached hydrogens (tertiary/aromatic N) is 4. The van der Waals surface area contributed by atoms with Gasteiger partial charge in [-0.1, -0.05) is 0 Å². The van der Waals surface area contributed by atoms with E-state index in [1.165, 1.54) is 12.1 Å². The number of guanidine groups is 1. The standard InChI is InChI=1S/C18H28FN5O/c1-15(22-10-12-25-13-11-22)14-21-18(20)24-8-6-23(7-9-24)17-4-2-16(19)3-5-17/h2-5,15H,6-14H2,1H3,(H2,20,21). The molecule has 25 heavy (non-hydrogen) atoms. The van der Waals surface area contributed by atoms with Crippen molar-refractivity contribution in [3.63, 3.8) is 0 Å². The summed E-state index contributed by atoms with van der Waals surface area (Å²) < 4.78 is 18.4. The Morgan fingerprint density at radius 2 is 1.76 bits per heavy atom. The minimum Gasteiger partial charge on any atom is -0.379 e. The molecule has 138 valence electrons. The highest BCUT2D eigenvalue weighted by atomic mass is 19.1. The average molecular weight is 349 g/mol. The summed E-state index contributed by atoms with van der Waals surface area (Å²) >= 11 is 0. The molecule has 6 nitrogen and oxygen atoms in total. The van der Waals surface area contributed by atoms with Gasteiger partial charge in [0.05, 0.1) is 19.8 Å². The van der Waals surface area contributed by atoms with Crippen LogP contribution in [0, 0.1) is 5.82 Å². The summed E-state index contributed by atoms with van der Waals surface area (Å²) in [7, 11) is 0. The number of benzene rings is 1. The summed E-state index contributed by atoms with van der Waals surface area (Å²) in [6.07, 6.45) is 0. The maximum atomic E-state index is 13.0. The Hall–Kier alpha value is -1.86. The zero-order chi connectivity index (χ0) is 17.6. The van der Waals surface area contributed by atoms with Gasteiger partial charge in [0.15, 0.2) is 5.96 Å². The topological polar surface area (TPSA) is 57.3 Å². The van der Waals surface area contributed by atoms with E-state index >= 15 is 0 Å². The largest absolute Gasteiger partial charge is 0.379 e. The summed E-state index contributed by atoms with van der Waals surface area (Å²) in [6.45, 7) is 9.82. The maximum Gasteiger partial charge on any atom is 0.191 e. The van der Waals surface area contributed by atoms with Gasteiger partial charge in [0, 0.05) is 51.0 Å². The second kappa shape index (κ2) is 8.49. The van der Waals surface area contributed by atoms with Gasteiger partial charge in [-0.25, -0.2) is 4.39 Å². The number of hydrogen-bond acceptors (Lipinski definition) is 4. The number of aliphatic imine (C=N–C) groups is 1. The fourth-order valence-corrected chi connectivity index (χ4v) is 3.31. The number of morpholine rings is 1. The molecule has 0 spiro atoms. The van der Waals surface area contributed by atoms with Crippen molar-refractivity contribution in [2.75, 3.05) is 63.9 Å². The normalized spacial score (nSPS) is 21.4. The lowest BCUT2D eigenvalue weighted by molar-refractivity contribution is 0.0220. The molecule has 1 aromatic rings. The molecule has 7 heteroatoms. The fourth-order valence-electron chi connectivity index (χ4n) is 3.31. The molecule has 2 heterocycles. The molecule has 1 unspecified atom stereocenters. The maximum absolute atomic E-state index is 13.0. The van der Waals surface area contributed by atoms with Gasteiger partial charge in [-0.05, 0) is 31.2 Å². The molecule has 1 aromatic carbocycles. The SMILES string of the molecule is CC(CN=C(N)N1CCN(c2ccc(F)cc2)CC1)N1CCOCC1. The van der Waals surface area contributed by atoms with Crippen LogP contribution < -0.4 is 10.6 Å². The summed E-state index contributed by atoms with van der Waals surface area (Å²) in [5, 5.41) is 0. The van der Waals surface area contributed by atoms with Gasteiger partial charge < -0.3 is 20.3 Å². The first-order valence-electron chi connectivity index (χ1n) is 9.00. The number of anilines is 1. The minimum atomic E-state index is -0.201. The van der Waals surface area contributed by atoms with E-state index in [9.17, 15) is 4.39 Å². The second-order valence-corrected chi connectivity index (χ2v) is 6.65. The predicted molar refractivity (Wildman–Crippen MR) is 98.5 cm³/mol. The van der Waals surface area contributed by atoms with Gasteiger partial charge in [-0.3, -0.25) is 9.89 Å². The Balaban J connectivity index is 1.47. The van der Waals surface area contributed by atoms with Crippen molar-refractivity contribution >= 4 is 11.6 Å². The third-order valence-corrected chi connectivity index (χ3v) is 4.98. The molecule has 0 amide bonds. The van der Waals surface area contributed by atoms with Gasteiger partial charge in [-0.15, -0.1) is 0 Å². The number of nitrogens with two attached hydrogens (primary N) is 1. The zero-order valence-electron chi connectivity index (χ0n) is 14.9. The summed E-state index contributed by atoms with van der Waals surface area (Å²) in [5.74, 6) is 0.423. The van der Waals surface area contributed by atoms with Crippen LogP contribution in [-0.4, -0.2) is 80.8 Å². The number of halogens is 1. The summed E-state index contributed by atoms with van der Waals surface area (Å²) in [5.41, 5.74) is 7.25. The molecule has 2 fully saturated rings. The van der Waals surface area contributed by atoms with Crippen molar-refractivity contribution in [1.82, 2.24) is 9.80 Å². The Kier molecular flexibility index (Phi) is 6.09. The molecule has 1 atom stereocenters. The van der Waals surface area contributed by atoms with Crippen molar-refractivity contribution in [2.45, 2.75) is 13.0 Å². The Bertz CT molecular complexity index is 565. The Labute approximate surface area is 149 Å². The minimum absolute atomic E-state index is 0.201. The molecule has 2 aliphatic rings. The lowest BCUT2D eigenvalue weighted by Crippen LogP contribution is -2.51. The van der Waals surface area contributed by atoms with Crippen LogP contribution in [0.5, 0.6) is 0 Å². The first-order chi connectivity index (χ1) is 12.1. The van der Waals surface area contributed by atoms with E-state index in [2.05, 4.69) is 26.6 Å². The van der Waals surface area contributed by atoms with Crippen LogP contribution in [0.25, 0.3) is 0 Å². The summed E-state index contributed by atoms with van der Waals surface area (Å²) in [4.78, 5) is 11.4. The van der Waals surface area contributed by atoms with E-state index in [0.717, 1.165) is 58.2 Å². The third kappa shape index (κ3) is 4.83. The van der Waals surface area contributed by atoms with Crippen LogP contribution in [0.3, 0.4) is 0 Å². The molecule has 0 aliphatic carbocycles. The first-order valence-corrected chi connectivity index (χ1v) is 9.00. The smallest absolute Gasteiger partial charge is 0.191 e. The molecule has 0 radical (unpaired) electrons. The molecule has 2 saturated heterocycles. The van der Waals surface area contributed by atoms with Crippen LogP contribution >= 0.6 is 0 Å². The average Bonchev–Trinajstić information content (AvgIpc) is 2.67. The van der Waals surface area contributed by atoms with Gasteiger partial charge >= 0.3 is 0 Å². The molecular weight excluding hydrogens is 321 g/mol. The second-order valence-electron chi connectivity index (χ2n) is 6.65. The van der Waals surface area contributed by atoms with E-state index in [4.69, 9.17) is 10.5 Å². The highest BCUT2D eigenvalue weighted by Gasteiger charge is 2.20. The Morgan fingerprint density at radius 1 is 1.12 bits per heavy atom. The van der Waals surface area contributed by atoms with E-state index in [1.807, 2.05) is 12.1 Å². The zero-order valence-corrected chi connectivity index (χ0v) is 14.9. The van der Waals surface area contributed by atoms with E-state index in [1.54, 1.807) is 0 Å². The number of ether oxygens (including phenoxy) is 1. The lowest BCUT2D eigenvalue weighted by Gasteiger charge is -2.37. The molecule has 2 N–H and O–H groups in total. The molecule has 0 saturated carbocycles. The van der Waals surface area contributed by atoms with Gasteiger partial charge in [0.1, 0.15) is 5.82 Å². The first kappa shape index (κ1) is 17.9. The molecule has 3 rings (SSSR count). The number of rotatable bonds is 4. The number of piperazine rings is 1. The van der Waals surface area contributed by atoms with Gasteiger partial charge in [-0.2, -0.15) is 0 Å². The molecule has 2 aliphatic heterocycles. The van der Waals surface area contributed by atoms with E-state index < -0.39 is 0 Å². The molecule has 0 aromatic heterocycles. The van der Waals surface area contributed by atoms with E-state index in [-0.39, 0.29) is 5.82 Å². The Morgan fingerprint density at radius 3 is 2.40 bits per heavy atom. The monoisotopic (exact) mass is 349 g/mol. The van der Waals surface area contributed by atoms with Gasteiger partial charge in [0.2, 0.25) is 0 Å². The van der Waals surface area contributed by atoms with Crippen molar-refractivity contribution in [3.05, 3.63) is 30.1 Å². The quantitative estimate of drug-likeness (QED) is 0.649. The summed E-state index contributed by atoms with van der Waals surface area (Å²) in [6, 6.07) is 7.04. The van der Waals surface area contributed by atoms with Crippen molar-refractivity contribution in [1.29, 1.82) is 0 Å². The van der Waals surface area contributed by atoms with Crippen molar-refractivity contribution in [2.24, 2.45) is 10.7 Å². The van der Waals surface area contributed by atoms with Crippen LogP contribution in [0.4, 0.5) is 10.1 Å². The van der Waals surface area contributed by atoms with Crippen LogP contribution in [0.2, 0.25) is 0 Å². The molecular formula is C18H28FN5O. The fraction of sp³-hybridized carbons (Fsp3) is 0.611. The van der Waals surface area contributed by atoms with Crippen LogP contribution in [-0.2, 0) is 4.74 Å². The highest BCUT2D eigenvalue weighted by Crippen LogP contribution is 2.16. The third-order valence-electron chi connectivity index (χ3n) is 4.98. The predicted octanol–water partition coefficient (Wildman–Crippen LogP) is 0.983. The van der Waals surface area contributed by atoms with E-state index in [0.29, 0.717) is 18.5 Å². The van der Waals surface area contributed by atoms with Crippen LogP contribution in [0.1, 0.15) is 6.92 Å². The van der Waals surface area contributed by atoms with Gasteiger partial charge in [0.25, 0.3) is 0 Å².